The van der Waals surface area contributed by atoms with Crippen LogP contribution < -0.4 is 15.4 Å². The van der Waals surface area contributed by atoms with Crippen molar-refractivity contribution in [2.24, 2.45) is 11.7 Å². The highest BCUT2D eigenvalue weighted by Crippen LogP contribution is 2.50. The van der Waals surface area contributed by atoms with Crippen molar-refractivity contribution in [1.29, 1.82) is 0 Å². The number of hydrogen-bond donors (Lipinski definition) is 2. The molecule has 3 aromatic carbocycles. The van der Waals surface area contributed by atoms with Crippen LogP contribution in [0.25, 0.3) is 0 Å². The molecular formula is C33H42F2N2O4Si. The first-order valence-corrected chi connectivity index (χ1v) is 17.4. The van der Waals surface area contributed by atoms with Gasteiger partial charge in [0.2, 0.25) is 5.91 Å². The van der Waals surface area contributed by atoms with Crippen LogP contribution in [0.15, 0.2) is 66.7 Å². The molecule has 4 rings (SSSR count). The van der Waals surface area contributed by atoms with Crippen LogP contribution in [0, 0.1) is 17.6 Å². The second kappa shape index (κ2) is 12.9. The second-order valence-electron chi connectivity index (χ2n) is 12.4. The highest BCUT2D eigenvalue weighted by Gasteiger charge is 2.50. The Kier molecular flexibility index (Phi) is 9.75. The van der Waals surface area contributed by atoms with Gasteiger partial charge in [-0.15, -0.1) is 0 Å². The largest absolute Gasteiger partial charge is 0.507 e. The number of carbonyl (C=O) groups excluding carboxylic acids is 1. The third kappa shape index (κ3) is 7.02. The van der Waals surface area contributed by atoms with Crippen molar-refractivity contribution in [3.8, 4) is 11.5 Å². The number of amides is 1. The summed E-state index contributed by atoms with van der Waals surface area (Å²) < 4.78 is 40.0. The van der Waals surface area contributed by atoms with Crippen molar-refractivity contribution in [2.45, 2.75) is 70.3 Å². The molecule has 3 aromatic rings. The summed E-state index contributed by atoms with van der Waals surface area (Å²) in [6.45, 7) is 11.8. The maximum absolute atomic E-state index is 13.8. The number of halogens is 2. The smallest absolute Gasteiger partial charge is 0.233 e. The van der Waals surface area contributed by atoms with E-state index < -0.39 is 26.1 Å². The molecule has 6 nitrogen and oxygen atoms in total. The minimum absolute atomic E-state index is 0.0162. The monoisotopic (exact) mass is 596 g/mol. The predicted octanol–water partition coefficient (Wildman–Crippen LogP) is 7.65. The van der Waals surface area contributed by atoms with Gasteiger partial charge in [0.15, 0.2) is 8.32 Å². The third-order valence-corrected chi connectivity index (χ3v) is 13.0. The Labute approximate surface area is 248 Å². The van der Waals surface area contributed by atoms with Gasteiger partial charge in [0.05, 0.1) is 24.7 Å². The fourth-order valence-electron chi connectivity index (χ4n) is 5.05. The molecule has 42 heavy (non-hydrogen) atoms. The first kappa shape index (κ1) is 31.7. The number of phenolic OH excluding ortho intramolecular Hbond substituents is 1. The number of nitrogens with zero attached hydrogens (tertiary/aromatic N) is 1. The summed E-state index contributed by atoms with van der Waals surface area (Å²) in [7, 11) is -2.21. The Balaban J connectivity index is 1.63. The maximum Gasteiger partial charge on any atom is 0.233 e. The molecule has 3 unspecified atom stereocenters. The third-order valence-electron chi connectivity index (χ3n) is 8.48. The van der Waals surface area contributed by atoms with Crippen molar-refractivity contribution in [3.05, 3.63) is 89.5 Å². The maximum atomic E-state index is 13.8. The van der Waals surface area contributed by atoms with Gasteiger partial charge >= 0.3 is 0 Å². The Morgan fingerprint density at radius 1 is 1.00 bits per heavy atom. The van der Waals surface area contributed by atoms with Gasteiger partial charge in [0.25, 0.3) is 0 Å². The molecule has 0 bridgehead atoms. The Morgan fingerprint density at radius 3 is 2.19 bits per heavy atom. The SMILES string of the molecule is CC(C)(C)[Si](C)(C)OC(CCC1C(=O)N(c2ccc(F)cc2)C1c1ccc(OCCCN)cc1O)c1ccc(F)cc1. The molecule has 0 spiro atoms. The highest BCUT2D eigenvalue weighted by molar-refractivity contribution is 6.74. The van der Waals surface area contributed by atoms with E-state index in [-0.39, 0.29) is 28.6 Å². The van der Waals surface area contributed by atoms with E-state index >= 15 is 0 Å². The van der Waals surface area contributed by atoms with Gasteiger partial charge in [-0.2, -0.15) is 0 Å². The van der Waals surface area contributed by atoms with Gasteiger partial charge in [0, 0.05) is 17.3 Å². The first-order chi connectivity index (χ1) is 19.8. The van der Waals surface area contributed by atoms with Gasteiger partial charge in [-0.25, -0.2) is 8.78 Å². The zero-order valence-corrected chi connectivity index (χ0v) is 26.1. The van der Waals surface area contributed by atoms with Crippen LogP contribution >= 0.6 is 0 Å². The summed E-state index contributed by atoms with van der Waals surface area (Å²) in [5.41, 5.74) is 7.55. The summed E-state index contributed by atoms with van der Waals surface area (Å²) >= 11 is 0. The van der Waals surface area contributed by atoms with Crippen molar-refractivity contribution < 1.29 is 27.8 Å². The number of carbonyl (C=O) groups is 1. The minimum Gasteiger partial charge on any atom is -0.507 e. The second-order valence-corrected chi connectivity index (χ2v) is 17.2. The van der Waals surface area contributed by atoms with Crippen LogP contribution in [-0.2, 0) is 9.22 Å². The molecule has 0 saturated carbocycles. The van der Waals surface area contributed by atoms with Crippen molar-refractivity contribution in [3.63, 3.8) is 0 Å². The zero-order valence-electron chi connectivity index (χ0n) is 25.1. The van der Waals surface area contributed by atoms with Crippen LogP contribution in [0.3, 0.4) is 0 Å². The number of benzene rings is 3. The topological polar surface area (TPSA) is 85.0 Å². The molecule has 3 atom stereocenters. The molecule has 1 fully saturated rings. The van der Waals surface area contributed by atoms with Crippen LogP contribution in [0.2, 0.25) is 18.1 Å². The molecule has 1 aliphatic rings. The van der Waals surface area contributed by atoms with E-state index in [1.165, 1.54) is 24.3 Å². The molecule has 1 aliphatic heterocycles. The summed E-state index contributed by atoms with van der Waals surface area (Å²) in [5.74, 6) is -0.747. The number of rotatable bonds is 12. The van der Waals surface area contributed by atoms with E-state index in [1.54, 1.807) is 47.4 Å². The lowest BCUT2D eigenvalue weighted by molar-refractivity contribution is -0.131. The van der Waals surface area contributed by atoms with Crippen LogP contribution in [-0.4, -0.2) is 32.5 Å². The number of β-lactam (4-membered cyclic amide) rings is 1. The summed E-state index contributed by atoms with van der Waals surface area (Å²) in [5, 5.41) is 11.0. The minimum atomic E-state index is -2.21. The van der Waals surface area contributed by atoms with Crippen LogP contribution in [0.1, 0.15) is 63.3 Å². The molecule has 9 heteroatoms. The van der Waals surface area contributed by atoms with E-state index in [0.29, 0.717) is 49.4 Å². The Bertz CT molecular complexity index is 1360. The van der Waals surface area contributed by atoms with Gasteiger partial charge in [-0.3, -0.25) is 4.79 Å². The van der Waals surface area contributed by atoms with E-state index in [1.807, 2.05) is 0 Å². The number of phenols is 1. The summed E-state index contributed by atoms with van der Waals surface area (Å²) in [4.78, 5) is 15.3. The zero-order chi connectivity index (χ0) is 30.7. The molecule has 1 amide bonds. The van der Waals surface area contributed by atoms with Gasteiger partial charge in [-0.05, 0) is 98.0 Å². The molecule has 0 aliphatic carbocycles. The van der Waals surface area contributed by atoms with E-state index in [2.05, 4.69) is 33.9 Å². The molecule has 226 valence electrons. The van der Waals surface area contributed by atoms with Crippen LogP contribution in [0.4, 0.5) is 14.5 Å². The molecule has 3 N–H and O–H groups in total. The number of anilines is 1. The molecule has 0 radical (unpaired) electrons. The van der Waals surface area contributed by atoms with Crippen molar-refractivity contribution >= 4 is 19.9 Å². The summed E-state index contributed by atoms with van der Waals surface area (Å²) in [6.07, 6.45) is 1.37. The van der Waals surface area contributed by atoms with Gasteiger partial charge in [0.1, 0.15) is 23.1 Å². The normalized spacial score (nSPS) is 18.1. The summed E-state index contributed by atoms with van der Waals surface area (Å²) in [6, 6.07) is 16.8. The predicted molar refractivity (Wildman–Crippen MR) is 164 cm³/mol. The number of hydrogen-bond acceptors (Lipinski definition) is 5. The first-order valence-electron chi connectivity index (χ1n) is 14.5. The molecular weight excluding hydrogens is 554 g/mol. The lowest BCUT2D eigenvalue weighted by Gasteiger charge is -2.48. The quantitative estimate of drug-likeness (QED) is 0.127. The fraction of sp³-hybridized carbons (Fsp3) is 0.424. The van der Waals surface area contributed by atoms with Crippen molar-refractivity contribution in [2.75, 3.05) is 18.1 Å². The molecule has 1 saturated heterocycles. The Hall–Kier alpha value is -3.27. The van der Waals surface area contributed by atoms with Gasteiger partial charge in [-0.1, -0.05) is 32.9 Å². The van der Waals surface area contributed by atoms with E-state index in [0.717, 1.165) is 5.56 Å². The molecule has 0 aromatic heterocycles. The standard InChI is InChI=1S/C33H42F2N2O4Si/c1-33(2,3)42(4,5)41-30(22-7-9-23(34)10-8-22)18-17-28-31(37(32(28)39)25-13-11-24(35)12-14-25)27-16-15-26(21-29(27)38)40-20-6-19-36/h7-16,21,28,30-31,38H,6,17-20,36H2,1-5H3. The Morgan fingerprint density at radius 2 is 1.62 bits per heavy atom. The van der Waals surface area contributed by atoms with Crippen LogP contribution in [0.5, 0.6) is 11.5 Å². The average molecular weight is 597 g/mol. The number of nitrogens with two attached hydrogens (primary N) is 1. The van der Waals surface area contributed by atoms with Crippen molar-refractivity contribution in [1.82, 2.24) is 0 Å². The lowest BCUT2D eigenvalue weighted by Crippen LogP contribution is -2.55. The van der Waals surface area contributed by atoms with E-state index in [9.17, 15) is 18.7 Å². The lowest BCUT2D eigenvalue weighted by atomic mass is 9.78. The van der Waals surface area contributed by atoms with Gasteiger partial charge < -0.3 is 24.9 Å². The highest BCUT2D eigenvalue weighted by atomic mass is 28.4. The van der Waals surface area contributed by atoms with E-state index in [4.69, 9.17) is 14.9 Å². The average Bonchev–Trinajstić information content (AvgIpc) is 2.92. The molecule has 1 heterocycles. The number of aromatic hydroxyl groups is 1. The fourth-order valence-corrected chi connectivity index (χ4v) is 6.37. The number of ether oxygens (including phenoxy) is 1.